The van der Waals surface area contributed by atoms with E-state index in [9.17, 15) is 14.0 Å². The Morgan fingerprint density at radius 3 is 2.54 bits per heavy atom. The van der Waals surface area contributed by atoms with Crippen LogP contribution in [0, 0.1) is 9.39 Å². The topological polar surface area (TPSA) is 55.8 Å². The molecule has 4 rings (SSSR count). The average Bonchev–Trinajstić information content (AvgIpc) is 3.08. The van der Waals surface area contributed by atoms with Crippen LogP contribution in [0.4, 0.5) is 9.18 Å². The van der Waals surface area contributed by atoms with Crippen LogP contribution < -0.4 is 9.47 Å². The molecule has 0 atom stereocenters. The first kappa shape index (κ1) is 25.7. The highest BCUT2D eigenvalue weighted by atomic mass is 127. The summed E-state index contributed by atoms with van der Waals surface area (Å²) in [6, 6.07) is 17.5. The predicted octanol–water partition coefficient (Wildman–Crippen LogP) is 7.41. The lowest BCUT2D eigenvalue weighted by atomic mass is 10.1. The number of ether oxygens (including phenoxy) is 2. The summed E-state index contributed by atoms with van der Waals surface area (Å²) in [6.45, 7) is 2.52. The number of rotatable bonds is 8. The van der Waals surface area contributed by atoms with E-state index in [4.69, 9.17) is 9.47 Å². The normalized spacial score (nSPS) is 14.6. The Kier molecular flexibility index (Phi) is 8.51. The minimum absolute atomic E-state index is 0.0526. The van der Waals surface area contributed by atoms with Crippen molar-refractivity contribution in [2.45, 2.75) is 20.1 Å². The molecule has 0 radical (unpaired) electrons. The zero-order valence-electron chi connectivity index (χ0n) is 18.6. The summed E-state index contributed by atoms with van der Waals surface area (Å²) in [5.74, 6) is 0.305. The summed E-state index contributed by atoms with van der Waals surface area (Å²) >= 11 is 6.41. The molecule has 1 heterocycles. The smallest absolute Gasteiger partial charge is 0.293 e. The number of benzene rings is 3. The SMILES string of the molecule is CCOc1cc(/C=C2\SC(=O)N(Cc3ccc(Br)cc3)C2=O)cc(I)c1OCc1ccccc1F. The first-order chi connectivity index (χ1) is 16.9. The Bertz CT molecular complexity index is 1300. The minimum atomic E-state index is -0.337. The van der Waals surface area contributed by atoms with E-state index in [1.807, 2.05) is 37.3 Å². The second-order valence-electron chi connectivity index (χ2n) is 7.54. The largest absolute Gasteiger partial charge is 0.490 e. The van der Waals surface area contributed by atoms with Gasteiger partial charge in [0.05, 0.1) is 21.6 Å². The van der Waals surface area contributed by atoms with Crippen LogP contribution in [0.2, 0.25) is 0 Å². The zero-order chi connectivity index (χ0) is 24.9. The fraction of sp³-hybridized carbons (Fsp3) is 0.154. The number of amides is 2. The lowest BCUT2D eigenvalue weighted by molar-refractivity contribution is -0.123. The highest BCUT2D eigenvalue weighted by Crippen LogP contribution is 2.38. The monoisotopic (exact) mass is 667 g/mol. The Morgan fingerprint density at radius 1 is 1.09 bits per heavy atom. The molecule has 0 aliphatic carbocycles. The molecule has 3 aromatic rings. The van der Waals surface area contributed by atoms with Crippen LogP contribution in [0.3, 0.4) is 0 Å². The molecule has 0 aromatic heterocycles. The van der Waals surface area contributed by atoms with Crippen molar-refractivity contribution < 1.29 is 23.5 Å². The maximum absolute atomic E-state index is 14.0. The van der Waals surface area contributed by atoms with Gasteiger partial charge in [0.15, 0.2) is 11.5 Å². The summed E-state index contributed by atoms with van der Waals surface area (Å²) in [5.41, 5.74) is 2.00. The van der Waals surface area contributed by atoms with E-state index in [1.165, 1.54) is 11.0 Å². The van der Waals surface area contributed by atoms with Crippen LogP contribution in [0.25, 0.3) is 6.08 Å². The van der Waals surface area contributed by atoms with Crippen LogP contribution in [-0.4, -0.2) is 22.7 Å². The zero-order valence-corrected chi connectivity index (χ0v) is 23.2. The quantitative estimate of drug-likeness (QED) is 0.185. The van der Waals surface area contributed by atoms with Gasteiger partial charge in [-0.05, 0) is 88.8 Å². The fourth-order valence-corrected chi connectivity index (χ4v) is 5.28. The maximum atomic E-state index is 14.0. The molecule has 1 aliphatic rings. The van der Waals surface area contributed by atoms with Crippen LogP contribution >= 0.6 is 50.3 Å². The maximum Gasteiger partial charge on any atom is 0.293 e. The second kappa shape index (κ2) is 11.6. The van der Waals surface area contributed by atoms with Gasteiger partial charge in [-0.15, -0.1) is 0 Å². The minimum Gasteiger partial charge on any atom is -0.490 e. The molecule has 0 bridgehead atoms. The third-order valence-electron chi connectivity index (χ3n) is 5.09. The summed E-state index contributed by atoms with van der Waals surface area (Å²) in [5, 5.41) is -0.311. The number of imide groups is 1. The highest BCUT2D eigenvalue weighted by molar-refractivity contribution is 14.1. The van der Waals surface area contributed by atoms with Gasteiger partial charge in [-0.25, -0.2) is 4.39 Å². The molecule has 9 heteroatoms. The summed E-state index contributed by atoms with van der Waals surface area (Å²) in [6.07, 6.45) is 1.68. The van der Waals surface area contributed by atoms with Gasteiger partial charge in [0.2, 0.25) is 0 Å². The average molecular weight is 668 g/mol. The summed E-state index contributed by atoms with van der Waals surface area (Å²) in [7, 11) is 0. The first-order valence-electron chi connectivity index (χ1n) is 10.7. The third-order valence-corrected chi connectivity index (χ3v) is 7.32. The first-order valence-corrected chi connectivity index (χ1v) is 13.4. The van der Waals surface area contributed by atoms with E-state index in [2.05, 4.69) is 38.5 Å². The molecule has 180 valence electrons. The lowest BCUT2D eigenvalue weighted by Gasteiger charge is -2.15. The third kappa shape index (κ3) is 6.25. The molecule has 5 nitrogen and oxygen atoms in total. The van der Waals surface area contributed by atoms with Crippen molar-refractivity contribution >= 4 is 67.5 Å². The van der Waals surface area contributed by atoms with Gasteiger partial charge in [-0.2, -0.15) is 0 Å². The van der Waals surface area contributed by atoms with Gasteiger partial charge in [-0.1, -0.05) is 46.3 Å². The van der Waals surface area contributed by atoms with Crippen LogP contribution in [0.1, 0.15) is 23.6 Å². The summed E-state index contributed by atoms with van der Waals surface area (Å²) < 4.78 is 27.4. The molecule has 35 heavy (non-hydrogen) atoms. The molecule has 1 fully saturated rings. The van der Waals surface area contributed by atoms with Crippen LogP contribution in [0.5, 0.6) is 11.5 Å². The number of halogens is 3. The lowest BCUT2D eigenvalue weighted by Crippen LogP contribution is -2.27. The molecule has 0 unspecified atom stereocenters. The van der Waals surface area contributed by atoms with E-state index in [-0.39, 0.29) is 30.1 Å². The molecule has 2 amide bonds. The van der Waals surface area contributed by atoms with Gasteiger partial charge in [0.25, 0.3) is 11.1 Å². The van der Waals surface area contributed by atoms with Crippen molar-refractivity contribution in [3.8, 4) is 11.5 Å². The van der Waals surface area contributed by atoms with Crippen molar-refractivity contribution in [2.24, 2.45) is 0 Å². The fourth-order valence-electron chi connectivity index (χ4n) is 3.40. The Balaban J connectivity index is 1.55. The number of carbonyl (C=O) groups excluding carboxylic acids is 2. The van der Waals surface area contributed by atoms with Crippen molar-refractivity contribution in [3.63, 3.8) is 0 Å². The Morgan fingerprint density at radius 2 is 1.83 bits per heavy atom. The number of nitrogens with zero attached hydrogens (tertiary/aromatic N) is 1. The number of hydrogen-bond donors (Lipinski definition) is 0. The van der Waals surface area contributed by atoms with Crippen LogP contribution in [-0.2, 0) is 17.9 Å². The van der Waals surface area contributed by atoms with Gasteiger partial charge in [0, 0.05) is 10.0 Å². The van der Waals surface area contributed by atoms with E-state index >= 15 is 0 Å². The molecule has 0 saturated carbocycles. The molecular formula is C26H20BrFINO4S. The predicted molar refractivity (Wildman–Crippen MR) is 147 cm³/mol. The van der Waals surface area contributed by atoms with E-state index in [1.54, 1.807) is 30.3 Å². The molecule has 0 N–H and O–H groups in total. The van der Waals surface area contributed by atoms with Gasteiger partial charge in [0.1, 0.15) is 12.4 Å². The Hall–Kier alpha value is -2.37. The number of hydrogen-bond acceptors (Lipinski definition) is 5. The van der Waals surface area contributed by atoms with Gasteiger partial charge in [-0.3, -0.25) is 14.5 Å². The van der Waals surface area contributed by atoms with Gasteiger partial charge >= 0.3 is 0 Å². The van der Waals surface area contributed by atoms with Gasteiger partial charge < -0.3 is 9.47 Å². The van der Waals surface area contributed by atoms with Crippen LogP contribution in [0.15, 0.2) is 70.0 Å². The molecule has 1 aliphatic heterocycles. The molecule has 3 aromatic carbocycles. The Labute approximate surface area is 228 Å². The number of thioether (sulfide) groups is 1. The molecule has 1 saturated heterocycles. The van der Waals surface area contributed by atoms with Crippen molar-refractivity contribution in [1.82, 2.24) is 4.90 Å². The van der Waals surface area contributed by atoms with Crippen molar-refractivity contribution in [1.29, 1.82) is 0 Å². The van der Waals surface area contributed by atoms with Crippen molar-refractivity contribution in [3.05, 3.63) is 96.1 Å². The van der Waals surface area contributed by atoms with Crippen molar-refractivity contribution in [2.75, 3.05) is 6.61 Å². The van der Waals surface area contributed by atoms with E-state index in [0.717, 1.165) is 25.4 Å². The standard InChI is InChI=1S/C26H20BrFINO4S/c1-2-33-22-12-17(11-21(29)24(22)34-15-18-5-3-4-6-20(18)28)13-23-25(31)30(26(32)35-23)14-16-7-9-19(27)10-8-16/h3-13H,2,14-15H2,1H3/b23-13-. The second-order valence-corrected chi connectivity index (χ2v) is 10.6. The summed E-state index contributed by atoms with van der Waals surface area (Å²) in [4.78, 5) is 27.1. The molecular weight excluding hydrogens is 648 g/mol. The number of carbonyl (C=O) groups is 2. The van der Waals surface area contributed by atoms with E-state index in [0.29, 0.717) is 34.1 Å². The van der Waals surface area contributed by atoms with E-state index < -0.39 is 0 Å². The highest BCUT2D eigenvalue weighted by Gasteiger charge is 2.35. The molecule has 0 spiro atoms.